The first-order valence-corrected chi connectivity index (χ1v) is 5.98. The molecule has 102 valence electrons. The number of hydrogen-bond acceptors (Lipinski definition) is 4. The average Bonchev–Trinajstić information content (AvgIpc) is 2.28. The van der Waals surface area contributed by atoms with E-state index in [2.05, 4.69) is 10.6 Å². The first-order chi connectivity index (χ1) is 8.70. The number of nitro groups is 1. The van der Waals surface area contributed by atoms with Gasteiger partial charge in [-0.3, -0.25) is 14.9 Å². The van der Waals surface area contributed by atoms with E-state index in [1.807, 2.05) is 0 Å². The Morgan fingerprint density at radius 2 is 1.79 bits per heavy atom. The summed E-state index contributed by atoms with van der Waals surface area (Å²) in [5.74, 6) is -0.202. The summed E-state index contributed by atoms with van der Waals surface area (Å²) in [5.41, 5.74) is 0.0290. The van der Waals surface area contributed by atoms with Crippen molar-refractivity contribution in [3.05, 3.63) is 34.4 Å². The van der Waals surface area contributed by atoms with Crippen LogP contribution in [0.5, 0.6) is 0 Å². The summed E-state index contributed by atoms with van der Waals surface area (Å²) < 4.78 is 0. The Balaban J connectivity index is 2.63. The molecule has 7 heteroatoms. The van der Waals surface area contributed by atoms with Crippen molar-refractivity contribution < 1.29 is 9.72 Å². The van der Waals surface area contributed by atoms with Gasteiger partial charge in [0.2, 0.25) is 5.91 Å². The van der Waals surface area contributed by atoms with Gasteiger partial charge < -0.3 is 10.6 Å². The third-order valence-corrected chi connectivity index (χ3v) is 2.45. The van der Waals surface area contributed by atoms with E-state index < -0.39 is 10.3 Å². The summed E-state index contributed by atoms with van der Waals surface area (Å²) >= 11 is 4.99. The molecule has 19 heavy (non-hydrogen) atoms. The van der Waals surface area contributed by atoms with E-state index in [-0.39, 0.29) is 16.7 Å². The summed E-state index contributed by atoms with van der Waals surface area (Å²) in [6, 6.07) is 5.76. The van der Waals surface area contributed by atoms with Crippen LogP contribution >= 0.6 is 12.2 Å². The Morgan fingerprint density at radius 3 is 2.21 bits per heavy atom. The molecule has 1 aromatic rings. The highest BCUT2D eigenvalue weighted by Gasteiger charge is 2.21. The molecular weight excluding hydrogens is 266 g/mol. The lowest BCUT2D eigenvalue weighted by molar-refractivity contribution is -0.384. The van der Waals surface area contributed by atoms with Gasteiger partial charge in [0, 0.05) is 23.2 Å². The first-order valence-electron chi connectivity index (χ1n) is 5.57. The normalized spacial score (nSPS) is 10.7. The van der Waals surface area contributed by atoms with Gasteiger partial charge in [0.05, 0.1) is 4.92 Å². The molecule has 1 amide bonds. The maximum absolute atomic E-state index is 11.7. The molecule has 0 saturated heterocycles. The predicted octanol–water partition coefficient (Wildman–Crippen LogP) is 2.45. The fraction of sp³-hybridized carbons (Fsp3) is 0.333. The molecule has 6 nitrogen and oxygen atoms in total. The van der Waals surface area contributed by atoms with E-state index in [9.17, 15) is 14.9 Å². The number of benzene rings is 1. The molecule has 1 aromatic carbocycles. The molecule has 0 aliphatic carbocycles. The summed E-state index contributed by atoms with van der Waals surface area (Å²) in [6.07, 6.45) is 0. The maximum atomic E-state index is 11.7. The smallest absolute Gasteiger partial charge is 0.269 e. The number of non-ortho nitro benzene ring substituents is 1. The van der Waals surface area contributed by atoms with E-state index >= 15 is 0 Å². The third kappa shape index (κ3) is 4.63. The van der Waals surface area contributed by atoms with Gasteiger partial charge in [-0.1, -0.05) is 20.8 Å². The van der Waals surface area contributed by atoms with Crippen molar-refractivity contribution in [2.75, 3.05) is 5.32 Å². The van der Waals surface area contributed by atoms with Crippen LogP contribution < -0.4 is 10.6 Å². The van der Waals surface area contributed by atoms with Crippen molar-refractivity contribution in [2.45, 2.75) is 20.8 Å². The van der Waals surface area contributed by atoms with Crippen molar-refractivity contribution in [1.82, 2.24) is 5.32 Å². The number of amides is 1. The Kier molecular flexibility index (Phi) is 4.55. The second-order valence-electron chi connectivity index (χ2n) is 4.96. The number of carbonyl (C=O) groups is 1. The van der Waals surface area contributed by atoms with Crippen molar-refractivity contribution in [3.8, 4) is 0 Å². The molecule has 0 spiro atoms. The van der Waals surface area contributed by atoms with Crippen molar-refractivity contribution >= 4 is 34.6 Å². The Labute approximate surface area is 116 Å². The molecule has 0 unspecified atom stereocenters. The van der Waals surface area contributed by atoms with Gasteiger partial charge in [-0.2, -0.15) is 0 Å². The Hall–Kier alpha value is -2.02. The molecule has 2 N–H and O–H groups in total. The van der Waals surface area contributed by atoms with Crippen LogP contribution in [0.3, 0.4) is 0 Å². The van der Waals surface area contributed by atoms with Gasteiger partial charge in [0.1, 0.15) is 0 Å². The molecule has 0 aliphatic heterocycles. The monoisotopic (exact) mass is 281 g/mol. The zero-order valence-corrected chi connectivity index (χ0v) is 11.7. The number of hydrogen-bond donors (Lipinski definition) is 2. The van der Waals surface area contributed by atoms with Crippen LogP contribution in [0, 0.1) is 15.5 Å². The van der Waals surface area contributed by atoms with Crippen LogP contribution in [0.1, 0.15) is 20.8 Å². The number of nitrogens with one attached hydrogen (secondary N) is 2. The van der Waals surface area contributed by atoms with Crippen LogP contribution in [-0.2, 0) is 4.79 Å². The lowest BCUT2D eigenvalue weighted by Gasteiger charge is -2.18. The quantitative estimate of drug-likeness (QED) is 0.494. The average molecular weight is 281 g/mol. The lowest BCUT2D eigenvalue weighted by Crippen LogP contribution is -2.41. The largest absolute Gasteiger partial charge is 0.332 e. The lowest BCUT2D eigenvalue weighted by atomic mass is 9.96. The predicted molar refractivity (Wildman–Crippen MR) is 76.9 cm³/mol. The Bertz CT molecular complexity index is 506. The standard InChI is InChI=1S/C12H15N3O3S/c1-12(2,3)10(16)14-11(19)13-8-4-6-9(7-5-8)15(17)18/h4-7H,1-3H3,(H2,13,14,16,19). The number of carbonyl (C=O) groups excluding carboxylic acids is 1. The minimum absolute atomic E-state index is 0.00445. The van der Waals surface area contributed by atoms with E-state index in [1.54, 1.807) is 20.8 Å². The highest BCUT2D eigenvalue weighted by atomic mass is 32.1. The van der Waals surface area contributed by atoms with Crippen LogP contribution in [0.25, 0.3) is 0 Å². The molecule has 0 radical (unpaired) electrons. The molecule has 0 heterocycles. The fourth-order valence-corrected chi connectivity index (χ4v) is 1.33. The van der Waals surface area contributed by atoms with Crippen LogP contribution in [0.4, 0.5) is 11.4 Å². The van der Waals surface area contributed by atoms with Gasteiger partial charge >= 0.3 is 0 Å². The molecular formula is C12H15N3O3S. The van der Waals surface area contributed by atoms with Crippen molar-refractivity contribution in [3.63, 3.8) is 0 Å². The number of anilines is 1. The zero-order chi connectivity index (χ0) is 14.6. The van der Waals surface area contributed by atoms with Gasteiger partial charge in [-0.25, -0.2) is 0 Å². The third-order valence-electron chi connectivity index (χ3n) is 2.24. The molecule has 0 atom stereocenters. The highest BCUT2D eigenvalue weighted by molar-refractivity contribution is 7.80. The molecule has 0 bridgehead atoms. The fourth-order valence-electron chi connectivity index (χ4n) is 1.12. The van der Waals surface area contributed by atoms with Crippen LogP contribution in [0.15, 0.2) is 24.3 Å². The second kappa shape index (κ2) is 5.75. The number of rotatable bonds is 2. The summed E-state index contributed by atoms with van der Waals surface area (Å²) in [5, 5.41) is 16.0. The number of nitro benzene ring substituents is 1. The number of thiocarbonyl (C=S) groups is 1. The Morgan fingerprint density at radius 1 is 1.26 bits per heavy atom. The zero-order valence-electron chi connectivity index (χ0n) is 10.9. The minimum Gasteiger partial charge on any atom is -0.332 e. The van der Waals surface area contributed by atoms with E-state index in [0.29, 0.717) is 5.69 Å². The summed E-state index contributed by atoms with van der Waals surface area (Å²) in [4.78, 5) is 21.7. The molecule has 1 rings (SSSR count). The van der Waals surface area contributed by atoms with E-state index in [0.717, 1.165) is 0 Å². The molecule has 0 saturated carbocycles. The highest BCUT2D eigenvalue weighted by Crippen LogP contribution is 2.16. The summed E-state index contributed by atoms with van der Waals surface area (Å²) in [7, 11) is 0. The van der Waals surface area contributed by atoms with E-state index in [4.69, 9.17) is 12.2 Å². The van der Waals surface area contributed by atoms with Gasteiger partial charge in [-0.05, 0) is 24.4 Å². The van der Waals surface area contributed by atoms with Crippen molar-refractivity contribution in [1.29, 1.82) is 0 Å². The van der Waals surface area contributed by atoms with Gasteiger partial charge in [0.25, 0.3) is 5.69 Å². The molecule has 0 aliphatic rings. The van der Waals surface area contributed by atoms with Crippen LogP contribution in [-0.4, -0.2) is 15.9 Å². The van der Waals surface area contributed by atoms with Crippen LogP contribution in [0.2, 0.25) is 0 Å². The van der Waals surface area contributed by atoms with Gasteiger partial charge in [0.15, 0.2) is 5.11 Å². The first kappa shape index (κ1) is 15.0. The minimum atomic E-state index is -0.540. The molecule has 0 aromatic heterocycles. The topological polar surface area (TPSA) is 84.3 Å². The summed E-state index contributed by atoms with van der Waals surface area (Å²) in [6.45, 7) is 5.32. The number of nitrogens with zero attached hydrogens (tertiary/aromatic N) is 1. The molecule has 0 fully saturated rings. The van der Waals surface area contributed by atoms with Gasteiger partial charge in [-0.15, -0.1) is 0 Å². The van der Waals surface area contributed by atoms with Crippen molar-refractivity contribution in [2.24, 2.45) is 5.41 Å². The van der Waals surface area contributed by atoms with E-state index in [1.165, 1.54) is 24.3 Å². The second-order valence-corrected chi connectivity index (χ2v) is 5.37. The maximum Gasteiger partial charge on any atom is 0.269 e. The SMILES string of the molecule is CC(C)(C)C(=O)NC(=S)Nc1ccc([N+](=O)[O-])cc1.